The van der Waals surface area contributed by atoms with Gasteiger partial charge < -0.3 is 0 Å². The number of benzene rings is 2. The van der Waals surface area contributed by atoms with Gasteiger partial charge in [-0.25, -0.2) is 8.42 Å². The Morgan fingerprint density at radius 1 is 0.738 bits per heavy atom. The number of sulfone groups is 1. The molecule has 2 heterocycles. The SMILES string of the molecule is CCCC12C(=C3C(=C4C=C(c5ccccc5)SC41[Si](C)(C)C)C(F)(F)C(F)(F)C3(F)F)C=C(c1ccccc1)S2(=O)=O. The predicted octanol–water partition coefficient (Wildman–Crippen LogP) is 8.93. The Hall–Kier alpha value is -2.50. The van der Waals surface area contributed by atoms with Crippen LogP contribution in [0.4, 0.5) is 26.3 Å². The fourth-order valence-electron chi connectivity index (χ4n) is 7.32. The second-order valence-electron chi connectivity index (χ2n) is 12.2. The van der Waals surface area contributed by atoms with Crippen LogP contribution in [-0.2, 0) is 9.84 Å². The van der Waals surface area contributed by atoms with E-state index in [0.29, 0.717) is 10.5 Å². The van der Waals surface area contributed by atoms with E-state index in [0.717, 1.165) is 17.8 Å². The van der Waals surface area contributed by atoms with Crippen LogP contribution in [0.15, 0.2) is 95.1 Å². The van der Waals surface area contributed by atoms with E-state index in [4.69, 9.17) is 0 Å². The minimum atomic E-state index is -5.76. The molecule has 4 aliphatic rings. The van der Waals surface area contributed by atoms with Crippen LogP contribution in [-0.4, -0.2) is 43.4 Å². The van der Waals surface area contributed by atoms with Crippen molar-refractivity contribution in [3.63, 3.8) is 0 Å². The van der Waals surface area contributed by atoms with Crippen molar-refractivity contribution < 1.29 is 34.8 Å². The molecule has 2 aromatic carbocycles. The maximum Gasteiger partial charge on any atom is 0.380 e. The molecule has 0 aromatic heterocycles. The highest BCUT2D eigenvalue weighted by molar-refractivity contribution is 8.13. The smallest absolute Gasteiger partial charge is 0.223 e. The largest absolute Gasteiger partial charge is 0.380 e. The van der Waals surface area contributed by atoms with E-state index in [1.165, 1.54) is 18.2 Å². The molecule has 0 spiro atoms. The van der Waals surface area contributed by atoms with Gasteiger partial charge in [-0.1, -0.05) is 93.6 Å². The molecule has 0 saturated heterocycles. The van der Waals surface area contributed by atoms with Gasteiger partial charge in [0.05, 0.1) is 17.3 Å². The zero-order valence-corrected chi connectivity index (χ0v) is 25.9. The van der Waals surface area contributed by atoms with E-state index in [1.54, 1.807) is 75.1 Å². The fraction of sp³-hybridized carbons (Fsp3) is 0.355. The Kier molecular flexibility index (Phi) is 6.18. The monoisotopic (exact) mass is 638 g/mol. The lowest BCUT2D eigenvalue weighted by Crippen LogP contribution is -2.69. The summed E-state index contributed by atoms with van der Waals surface area (Å²) < 4.78 is 121. The summed E-state index contributed by atoms with van der Waals surface area (Å²) in [6.07, 6.45) is 2.24. The summed E-state index contributed by atoms with van der Waals surface area (Å²) >= 11 is 1.06. The fourth-order valence-corrected chi connectivity index (χ4v) is 17.0. The molecule has 222 valence electrons. The Labute approximate surface area is 246 Å². The molecule has 2 aliphatic heterocycles. The topological polar surface area (TPSA) is 34.1 Å². The standard InChI is InChI=1S/C31H28F6O2S2Si/c1-5-16-27-21(18-24(41(27,38)39)20-14-10-7-11-15-20)25-26(29(34,35)31(36,37)28(25,32)33)22-17-23(19-12-8-6-9-13-19)40-30(22,27)42(2,3)4/h6-15,17-18H,5,16H2,1-4H3. The van der Waals surface area contributed by atoms with Crippen molar-refractivity contribution in [1.29, 1.82) is 0 Å². The zero-order chi connectivity index (χ0) is 30.7. The molecule has 42 heavy (non-hydrogen) atoms. The molecule has 2 aliphatic carbocycles. The van der Waals surface area contributed by atoms with Crippen LogP contribution < -0.4 is 0 Å². The third kappa shape index (κ3) is 3.17. The van der Waals surface area contributed by atoms with Crippen molar-refractivity contribution in [2.24, 2.45) is 0 Å². The molecule has 0 N–H and O–H groups in total. The molecule has 0 bridgehead atoms. The summed E-state index contributed by atoms with van der Waals surface area (Å²) in [6, 6.07) is 16.4. The molecular weight excluding hydrogens is 611 g/mol. The molecule has 11 heteroatoms. The average molecular weight is 639 g/mol. The highest BCUT2D eigenvalue weighted by atomic mass is 32.2. The van der Waals surface area contributed by atoms with Crippen LogP contribution in [0, 0.1) is 0 Å². The third-order valence-corrected chi connectivity index (χ3v) is 18.2. The van der Waals surface area contributed by atoms with Gasteiger partial charge in [0.2, 0.25) is 0 Å². The van der Waals surface area contributed by atoms with Crippen molar-refractivity contribution in [1.82, 2.24) is 0 Å². The van der Waals surface area contributed by atoms with Gasteiger partial charge in [0.15, 0.2) is 9.84 Å². The van der Waals surface area contributed by atoms with E-state index >= 15 is 34.8 Å². The highest BCUT2D eigenvalue weighted by Crippen LogP contribution is 2.76. The number of fused-ring (bicyclic) bond motifs is 4. The Morgan fingerprint density at radius 3 is 1.74 bits per heavy atom. The van der Waals surface area contributed by atoms with Gasteiger partial charge in [-0.3, -0.25) is 0 Å². The Bertz CT molecular complexity index is 1740. The number of thioether (sulfide) groups is 1. The lowest BCUT2D eigenvalue weighted by atomic mass is 9.74. The summed E-state index contributed by atoms with van der Waals surface area (Å²) in [5.74, 6) is -16.3. The van der Waals surface area contributed by atoms with Crippen LogP contribution in [0.2, 0.25) is 19.6 Å². The van der Waals surface area contributed by atoms with E-state index in [1.807, 2.05) is 0 Å². The Balaban J connectivity index is 1.86. The molecule has 0 amide bonds. The average Bonchev–Trinajstić information content (AvgIpc) is 3.47. The second-order valence-corrected chi connectivity index (χ2v) is 21.2. The lowest BCUT2D eigenvalue weighted by Gasteiger charge is -2.56. The molecule has 2 atom stereocenters. The van der Waals surface area contributed by atoms with Crippen molar-refractivity contribution in [2.75, 3.05) is 0 Å². The number of hydrogen-bond acceptors (Lipinski definition) is 3. The van der Waals surface area contributed by atoms with E-state index in [2.05, 4.69) is 0 Å². The predicted molar refractivity (Wildman–Crippen MR) is 158 cm³/mol. The van der Waals surface area contributed by atoms with Crippen LogP contribution in [0.5, 0.6) is 0 Å². The van der Waals surface area contributed by atoms with E-state index in [9.17, 15) is 0 Å². The normalized spacial score (nSPS) is 30.0. The lowest BCUT2D eigenvalue weighted by molar-refractivity contribution is -0.258. The summed E-state index contributed by atoms with van der Waals surface area (Å²) in [6.45, 7) is 7.07. The number of alkyl halides is 6. The number of hydrogen-bond donors (Lipinski definition) is 0. The van der Waals surface area contributed by atoms with Crippen LogP contribution in [0.25, 0.3) is 9.81 Å². The molecule has 2 unspecified atom stereocenters. The van der Waals surface area contributed by atoms with Crippen molar-refractivity contribution in [3.8, 4) is 0 Å². The third-order valence-electron chi connectivity index (χ3n) is 8.93. The van der Waals surface area contributed by atoms with Gasteiger partial charge in [0.1, 0.15) is 4.75 Å². The first-order valence-corrected chi connectivity index (χ1v) is 19.4. The van der Waals surface area contributed by atoms with Crippen LogP contribution in [0.1, 0.15) is 30.9 Å². The van der Waals surface area contributed by atoms with E-state index < -0.39 is 67.1 Å². The molecule has 2 nitrogen and oxygen atoms in total. The second kappa shape index (κ2) is 8.78. The molecular formula is C31H28F6O2S2Si. The molecule has 2 aromatic rings. The minimum absolute atomic E-state index is 0.181. The van der Waals surface area contributed by atoms with Gasteiger partial charge in [-0.05, 0) is 40.8 Å². The molecule has 0 radical (unpaired) electrons. The van der Waals surface area contributed by atoms with Crippen LogP contribution in [0.3, 0.4) is 0 Å². The number of rotatable bonds is 5. The van der Waals surface area contributed by atoms with Gasteiger partial charge in [-0.2, -0.15) is 26.3 Å². The van der Waals surface area contributed by atoms with Gasteiger partial charge in [0, 0.05) is 16.1 Å². The van der Waals surface area contributed by atoms with Gasteiger partial charge in [0.25, 0.3) is 0 Å². The van der Waals surface area contributed by atoms with Gasteiger partial charge >= 0.3 is 17.8 Å². The Morgan fingerprint density at radius 2 is 1.24 bits per heavy atom. The summed E-state index contributed by atoms with van der Waals surface area (Å²) in [5.41, 5.74) is -3.27. The summed E-state index contributed by atoms with van der Waals surface area (Å²) in [5, 5.41) is 0. The maximum absolute atomic E-state index is 15.9. The first-order valence-electron chi connectivity index (χ1n) is 13.6. The summed E-state index contributed by atoms with van der Waals surface area (Å²) in [4.78, 5) is 0.0645. The first-order chi connectivity index (χ1) is 19.4. The molecule has 1 fully saturated rings. The number of allylic oxidation sites excluding steroid dienone is 4. The van der Waals surface area contributed by atoms with Crippen LogP contribution >= 0.6 is 11.8 Å². The first kappa shape index (κ1) is 29.6. The van der Waals surface area contributed by atoms with Crippen molar-refractivity contribution >= 4 is 39.5 Å². The summed E-state index contributed by atoms with van der Waals surface area (Å²) in [7, 11) is -7.73. The zero-order valence-electron chi connectivity index (χ0n) is 23.2. The van der Waals surface area contributed by atoms with Gasteiger partial charge in [-0.15, -0.1) is 11.8 Å². The molecule has 6 rings (SSSR count). The van der Waals surface area contributed by atoms with Crippen molar-refractivity contribution in [3.05, 3.63) is 106 Å². The van der Waals surface area contributed by atoms with E-state index in [-0.39, 0.29) is 23.3 Å². The quantitative estimate of drug-likeness (QED) is 0.242. The van der Waals surface area contributed by atoms with Crippen molar-refractivity contribution in [2.45, 2.75) is 66.3 Å². The highest BCUT2D eigenvalue weighted by Gasteiger charge is 2.86. The maximum atomic E-state index is 15.9. The number of halogens is 6. The molecule has 1 saturated carbocycles. The minimum Gasteiger partial charge on any atom is -0.223 e.